The van der Waals surface area contributed by atoms with E-state index in [1.807, 2.05) is 0 Å². The number of nitrogens with zero attached hydrogens (tertiary/aromatic N) is 1. The third-order valence-corrected chi connectivity index (χ3v) is 3.06. The van der Waals surface area contributed by atoms with E-state index in [0.717, 1.165) is 0 Å². The van der Waals surface area contributed by atoms with Gasteiger partial charge in [0, 0.05) is 6.92 Å². The summed E-state index contributed by atoms with van der Waals surface area (Å²) in [6.45, 7) is 2.09. The molecular formula is C13H13N2+. The van der Waals surface area contributed by atoms with Gasteiger partial charge in [0.15, 0.2) is 0 Å². The molecule has 0 aromatic heterocycles. The zero-order valence-corrected chi connectivity index (χ0v) is 8.91. The van der Waals surface area contributed by atoms with E-state index in [9.17, 15) is 0 Å². The number of hydrogen-bond acceptors (Lipinski definition) is 1. The van der Waals surface area contributed by atoms with Crippen LogP contribution in [0.2, 0.25) is 0 Å². The molecule has 1 heterocycles. The molecular weight excluding hydrogens is 184 g/mol. The van der Waals surface area contributed by atoms with E-state index in [1.54, 1.807) is 0 Å². The molecule has 2 nitrogen and oxygen atoms in total. The molecule has 1 N–H and O–H groups in total. The van der Waals surface area contributed by atoms with Crippen LogP contribution in [0.3, 0.4) is 0 Å². The number of nitrogens with one attached hydrogen (secondary N) is 1. The highest BCUT2D eigenvalue weighted by Gasteiger charge is 2.20. The van der Waals surface area contributed by atoms with E-state index in [4.69, 9.17) is 0 Å². The molecule has 2 aromatic rings. The first-order valence-electron chi connectivity index (χ1n) is 5.13. The Hall–Kier alpha value is -1.83. The molecule has 1 aliphatic rings. The summed E-state index contributed by atoms with van der Waals surface area (Å²) in [6.07, 6.45) is 0. The summed E-state index contributed by atoms with van der Waals surface area (Å²) in [5.74, 6) is 1.17. The summed E-state index contributed by atoms with van der Waals surface area (Å²) >= 11 is 0. The van der Waals surface area contributed by atoms with Crippen LogP contribution < -0.4 is 5.32 Å². The molecule has 1 aliphatic heterocycles. The fourth-order valence-corrected chi connectivity index (χ4v) is 2.16. The Bertz CT molecular complexity index is 577. The summed E-state index contributed by atoms with van der Waals surface area (Å²) in [6, 6.07) is 12.8. The third-order valence-electron chi connectivity index (χ3n) is 3.06. The maximum absolute atomic E-state index is 3.42. The van der Waals surface area contributed by atoms with Gasteiger partial charge in [0.25, 0.3) is 5.84 Å². The molecule has 0 aliphatic carbocycles. The predicted octanol–water partition coefficient (Wildman–Crippen LogP) is 2.96. The molecule has 3 rings (SSSR count). The summed E-state index contributed by atoms with van der Waals surface area (Å²) in [5, 5.41) is 6.02. The van der Waals surface area contributed by atoms with Crippen molar-refractivity contribution in [3.63, 3.8) is 0 Å². The van der Waals surface area contributed by atoms with Gasteiger partial charge in [-0.3, -0.25) is 0 Å². The monoisotopic (exact) mass is 197 g/mol. The van der Waals surface area contributed by atoms with E-state index in [2.05, 4.69) is 60.3 Å². The van der Waals surface area contributed by atoms with Gasteiger partial charge in [-0.2, -0.15) is 0 Å². The lowest BCUT2D eigenvalue weighted by Crippen LogP contribution is -2.22. The summed E-state index contributed by atoms with van der Waals surface area (Å²) in [7, 11) is 2.09. The highest BCUT2D eigenvalue weighted by Crippen LogP contribution is 2.34. The zero-order chi connectivity index (χ0) is 10.4. The lowest BCUT2D eigenvalue weighted by molar-refractivity contribution is -0.404. The van der Waals surface area contributed by atoms with Crippen molar-refractivity contribution in [1.29, 1.82) is 0 Å². The average molecular weight is 197 g/mol. The van der Waals surface area contributed by atoms with Crippen molar-refractivity contribution in [2.75, 3.05) is 12.4 Å². The van der Waals surface area contributed by atoms with Gasteiger partial charge in [-0.25, -0.2) is 9.89 Å². The molecule has 0 spiro atoms. The van der Waals surface area contributed by atoms with E-state index < -0.39 is 0 Å². The molecule has 0 saturated heterocycles. The minimum Gasteiger partial charge on any atom is -0.244 e. The van der Waals surface area contributed by atoms with Gasteiger partial charge in [-0.15, -0.1) is 0 Å². The van der Waals surface area contributed by atoms with E-state index in [0.29, 0.717) is 0 Å². The van der Waals surface area contributed by atoms with Crippen LogP contribution in [0, 0.1) is 0 Å². The molecule has 0 saturated carbocycles. The smallest absolute Gasteiger partial charge is 0.244 e. The fraction of sp³-hybridized carbons (Fsp3) is 0.154. The highest BCUT2D eigenvalue weighted by atomic mass is 15.1. The molecule has 74 valence electrons. The molecule has 0 radical (unpaired) electrons. The van der Waals surface area contributed by atoms with Crippen LogP contribution in [-0.4, -0.2) is 17.5 Å². The van der Waals surface area contributed by atoms with Crippen LogP contribution in [-0.2, 0) is 0 Å². The van der Waals surface area contributed by atoms with Crippen molar-refractivity contribution in [3.05, 3.63) is 36.4 Å². The van der Waals surface area contributed by atoms with E-state index in [-0.39, 0.29) is 0 Å². The minimum atomic E-state index is 1.17. The maximum Gasteiger partial charge on any atom is 0.251 e. The Morgan fingerprint density at radius 3 is 2.60 bits per heavy atom. The first-order valence-corrected chi connectivity index (χ1v) is 5.13. The topological polar surface area (TPSA) is 15.0 Å². The Balaban J connectivity index is 2.50. The molecule has 15 heavy (non-hydrogen) atoms. The second kappa shape index (κ2) is 2.83. The first kappa shape index (κ1) is 8.48. The van der Waals surface area contributed by atoms with E-state index >= 15 is 0 Å². The largest absolute Gasteiger partial charge is 0.251 e. The van der Waals surface area contributed by atoms with Gasteiger partial charge in [-0.1, -0.05) is 24.3 Å². The Morgan fingerprint density at radius 2 is 1.80 bits per heavy atom. The Kier molecular flexibility index (Phi) is 1.60. The van der Waals surface area contributed by atoms with Crippen molar-refractivity contribution in [1.82, 2.24) is 0 Å². The highest BCUT2D eigenvalue weighted by molar-refractivity contribution is 6.09. The molecule has 0 atom stereocenters. The number of amidine groups is 1. The number of anilines is 1. The summed E-state index contributed by atoms with van der Waals surface area (Å²) < 4.78 is 2.19. The van der Waals surface area contributed by atoms with Gasteiger partial charge in [0.05, 0.1) is 12.4 Å². The average Bonchev–Trinajstić information content (AvgIpc) is 2.26. The molecule has 2 aromatic carbocycles. The van der Waals surface area contributed by atoms with Crippen LogP contribution in [0.5, 0.6) is 0 Å². The molecule has 2 heteroatoms. The predicted molar refractivity (Wildman–Crippen MR) is 64.1 cm³/mol. The standard InChI is InChI=1S/C13H12N2/c1-9-14-11-7-3-5-10-6-4-8-12(13(10)11)15(9)2/h3-8H,1-2H3/p+1. The van der Waals surface area contributed by atoms with Crippen molar-refractivity contribution >= 4 is 28.0 Å². The van der Waals surface area contributed by atoms with E-state index in [1.165, 1.54) is 28.0 Å². The summed E-state index contributed by atoms with van der Waals surface area (Å²) in [5.41, 5.74) is 2.48. The Morgan fingerprint density at radius 1 is 1.07 bits per heavy atom. The third kappa shape index (κ3) is 1.08. The van der Waals surface area contributed by atoms with Crippen LogP contribution in [0.25, 0.3) is 10.8 Å². The zero-order valence-electron chi connectivity index (χ0n) is 8.91. The normalized spacial score (nSPS) is 14.3. The summed E-state index contributed by atoms with van der Waals surface area (Å²) in [4.78, 5) is 0. The molecule has 0 unspecified atom stereocenters. The number of rotatable bonds is 0. The van der Waals surface area contributed by atoms with Gasteiger partial charge >= 0.3 is 0 Å². The van der Waals surface area contributed by atoms with Crippen LogP contribution >= 0.6 is 0 Å². The van der Waals surface area contributed by atoms with Gasteiger partial charge in [0.2, 0.25) is 0 Å². The SMILES string of the molecule is CC1=[N+](C)c2cccc3cccc(c23)N1. The fourth-order valence-electron chi connectivity index (χ4n) is 2.16. The van der Waals surface area contributed by atoms with Gasteiger partial charge < -0.3 is 0 Å². The lowest BCUT2D eigenvalue weighted by Gasteiger charge is -2.15. The van der Waals surface area contributed by atoms with Gasteiger partial charge in [-0.05, 0) is 17.5 Å². The van der Waals surface area contributed by atoms with Crippen molar-refractivity contribution in [2.24, 2.45) is 0 Å². The van der Waals surface area contributed by atoms with Gasteiger partial charge in [0.1, 0.15) is 11.4 Å². The molecule has 0 fully saturated rings. The van der Waals surface area contributed by atoms with Crippen LogP contribution in [0.15, 0.2) is 36.4 Å². The quantitative estimate of drug-likeness (QED) is 0.642. The van der Waals surface area contributed by atoms with Crippen LogP contribution in [0.1, 0.15) is 6.92 Å². The number of benzene rings is 2. The first-order chi connectivity index (χ1) is 7.27. The second-order valence-corrected chi connectivity index (χ2v) is 3.95. The van der Waals surface area contributed by atoms with Crippen molar-refractivity contribution in [3.8, 4) is 0 Å². The van der Waals surface area contributed by atoms with Crippen molar-refractivity contribution in [2.45, 2.75) is 6.92 Å². The second-order valence-electron chi connectivity index (χ2n) is 3.95. The minimum absolute atomic E-state index is 1.17. The van der Waals surface area contributed by atoms with Crippen molar-refractivity contribution < 1.29 is 4.58 Å². The molecule has 0 amide bonds. The molecule has 0 bridgehead atoms. The Labute approximate surface area is 88.9 Å². The maximum atomic E-state index is 3.42. The number of hydrogen-bond donors (Lipinski definition) is 1. The van der Waals surface area contributed by atoms with Crippen LogP contribution in [0.4, 0.5) is 11.4 Å². The lowest BCUT2D eigenvalue weighted by atomic mass is 10.0.